The Bertz CT molecular complexity index is 1150. The zero-order chi connectivity index (χ0) is 24.2. The second-order valence-corrected chi connectivity index (χ2v) is 11.3. The van der Waals surface area contributed by atoms with Crippen molar-refractivity contribution in [2.45, 2.75) is 68.6 Å². The van der Waals surface area contributed by atoms with Gasteiger partial charge in [-0.3, -0.25) is 0 Å². The molecular weight excluding hydrogens is 476 g/mol. The van der Waals surface area contributed by atoms with Gasteiger partial charge in [-0.25, -0.2) is 9.48 Å². The maximum atomic E-state index is 11.8. The van der Waals surface area contributed by atoms with Crippen LogP contribution in [0.2, 0.25) is 5.02 Å². The molecule has 2 aliphatic carbocycles. The Hall–Kier alpha value is -2.24. The standard InChI is InChI=1S/C29H33ClN2O2S/c1-34-29(33)21-11-17-24(18-12-21)35-19-26(20-7-3-2-4-8-20)28-25-9-5-6-10-27(25)31-32(28)23-15-13-22(30)14-16-23/h11-18,20,26H,2-10,19H2,1H3. The third-order valence-electron chi connectivity index (χ3n) is 7.54. The molecule has 1 fully saturated rings. The van der Waals surface area contributed by atoms with E-state index < -0.39 is 0 Å². The minimum Gasteiger partial charge on any atom is -0.465 e. The minimum absolute atomic E-state index is 0.292. The Balaban J connectivity index is 1.50. The molecule has 0 N–H and O–H groups in total. The summed E-state index contributed by atoms with van der Waals surface area (Å²) >= 11 is 8.11. The second kappa shape index (κ2) is 11.2. The lowest BCUT2D eigenvalue weighted by molar-refractivity contribution is 0.0600. The van der Waals surface area contributed by atoms with Crippen molar-refractivity contribution in [1.82, 2.24) is 9.78 Å². The first-order valence-corrected chi connectivity index (χ1v) is 14.2. The molecule has 0 spiro atoms. The Kier molecular flexibility index (Phi) is 7.84. The van der Waals surface area contributed by atoms with Gasteiger partial charge in [-0.2, -0.15) is 5.10 Å². The first-order valence-electron chi connectivity index (χ1n) is 12.8. The fourth-order valence-corrected chi connectivity index (χ4v) is 6.96. The van der Waals surface area contributed by atoms with E-state index in [0.717, 1.165) is 29.3 Å². The number of thioether (sulfide) groups is 1. The predicted molar refractivity (Wildman–Crippen MR) is 143 cm³/mol. The molecule has 1 unspecified atom stereocenters. The second-order valence-electron chi connectivity index (χ2n) is 9.74. The topological polar surface area (TPSA) is 44.1 Å². The van der Waals surface area contributed by atoms with Crippen molar-refractivity contribution >= 4 is 29.3 Å². The van der Waals surface area contributed by atoms with E-state index in [1.54, 1.807) is 0 Å². The summed E-state index contributed by atoms with van der Waals surface area (Å²) in [6.07, 6.45) is 11.2. The molecule has 3 aromatic rings. The van der Waals surface area contributed by atoms with Crippen LogP contribution in [0.3, 0.4) is 0 Å². The lowest BCUT2D eigenvalue weighted by atomic mass is 9.77. The van der Waals surface area contributed by atoms with Gasteiger partial charge in [0.25, 0.3) is 0 Å². The lowest BCUT2D eigenvalue weighted by Crippen LogP contribution is -2.22. The van der Waals surface area contributed by atoms with Gasteiger partial charge in [-0.05, 0) is 98.5 Å². The smallest absolute Gasteiger partial charge is 0.337 e. The number of aromatic nitrogens is 2. The summed E-state index contributed by atoms with van der Waals surface area (Å²) in [6, 6.07) is 15.9. The molecule has 4 nitrogen and oxygen atoms in total. The summed E-state index contributed by atoms with van der Waals surface area (Å²) in [7, 11) is 1.42. The molecule has 35 heavy (non-hydrogen) atoms. The van der Waals surface area contributed by atoms with E-state index in [2.05, 4.69) is 16.8 Å². The molecule has 2 aromatic carbocycles. The van der Waals surface area contributed by atoms with Crippen LogP contribution in [0.4, 0.5) is 0 Å². The number of benzene rings is 2. The number of halogens is 1. The zero-order valence-corrected chi connectivity index (χ0v) is 21.9. The summed E-state index contributed by atoms with van der Waals surface area (Å²) in [5.41, 5.74) is 5.90. The average molecular weight is 509 g/mol. The number of esters is 1. The van der Waals surface area contributed by atoms with Gasteiger partial charge in [-0.1, -0.05) is 30.9 Å². The van der Waals surface area contributed by atoms with Gasteiger partial charge in [-0.15, -0.1) is 11.8 Å². The molecule has 2 aliphatic rings. The van der Waals surface area contributed by atoms with E-state index in [1.807, 2.05) is 48.2 Å². The number of hydrogen-bond donors (Lipinski definition) is 0. The van der Waals surface area contributed by atoms with E-state index in [4.69, 9.17) is 21.4 Å². The largest absolute Gasteiger partial charge is 0.465 e. The van der Waals surface area contributed by atoms with Gasteiger partial charge < -0.3 is 4.74 Å². The third kappa shape index (κ3) is 5.46. The summed E-state index contributed by atoms with van der Waals surface area (Å²) in [4.78, 5) is 13.0. The van der Waals surface area contributed by atoms with Crippen molar-refractivity contribution in [3.05, 3.63) is 76.1 Å². The number of hydrogen-bond acceptors (Lipinski definition) is 4. The van der Waals surface area contributed by atoms with E-state index >= 15 is 0 Å². The predicted octanol–water partition coefficient (Wildman–Crippen LogP) is 7.65. The number of carbonyl (C=O) groups is 1. The molecule has 0 aliphatic heterocycles. The summed E-state index contributed by atoms with van der Waals surface area (Å²) in [5, 5.41) is 5.93. The van der Waals surface area contributed by atoms with Crippen LogP contribution in [0.15, 0.2) is 53.4 Å². The molecule has 0 radical (unpaired) electrons. The van der Waals surface area contributed by atoms with Crippen molar-refractivity contribution in [3.8, 4) is 5.69 Å². The number of methoxy groups -OCH3 is 1. The Labute approximate surface area is 217 Å². The Morgan fingerprint density at radius 2 is 1.74 bits per heavy atom. The molecule has 0 amide bonds. The Morgan fingerprint density at radius 1 is 1.03 bits per heavy atom. The Morgan fingerprint density at radius 3 is 2.46 bits per heavy atom. The van der Waals surface area contributed by atoms with Crippen molar-refractivity contribution in [2.24, 2.45) is 5.92 Å². The number of carbonyl (C=O) groups excluding carboxylic acids is 1. The highest BCUT2D eigenvalue weighted by atomic mass is 35.5. The summed E-state index contributed by atoms with van der Waals surface area (Å²) in [5.74, 6) is 1.82. The highest BCUT2D eigenvalue weighted by Crippen LogP contribution is 2.43. The molecule has 0 saturated heterocycles. The van der Waals surface area contributed by atoms with Gasteiger partial charge in [0.1, 0.15) is 0 Å². The van der Waals surface area contributed by atoms with Gasteiger partial charge in [0.2, 0.25) is 0 Å². The summed E-state index contributed by atoms with van der Waals surface area (Å²) < 4.78 is 7.10. The highest BCUT2D eigenvalue weighted by molar-refractivity contribution is 7.99. The van der Waals surface area contributed by atoms with Crippen LogP contribution in [0.25, 0.3) is 5.69 Å². The van der Waals surface area contributed by atoms with E-state index in [0.29, 0.717) is 17.4 Å². The van der Waals surface area contributed by atoms with E-state index in [9.17, 15) is 4.79 Å². The number of fused-ring (bicyclic) bond motifs is 1. The summed E-state index contributed by atoms with van der Waals surface area (Å²) in [6.45, 7) is 0. The third-order valence-corrected chi connectivity index (χ3v) is 8.93. The normalized spacial score (nSPS) is 17.1. The maximum absolute atomic E-state index is 11.8. The molecule has 0 bridgehead atoms. The number of rotatable bonds is 7. The maximum Gasteiger partial charge on any atom is 0.337 e. The molecule has 1 atom stereocenters. The minimum atomic E-state index is -0.292. The molecule has 184 valence electrons. The molecule has 6 heteroatoms. The average Bonchev–Trinajstić information content (AvgIpc) is 3.29. The van der Waals surface area contributed by atoms with E-state index in [-0.39, 0.29) is 5.97 Å². The van der Waals surface area contributed by atoms with Crippen molar-refractivity contribution in [2.75, 3.05) is 12.9 Å². The van der Waals surface area contributed by atoms with Crippen LogP contribution in [0, 0.1) is 5.92 Å². The van der Waals surface area contributed by atoms with Crippen LogP contribution in [-0.2, 0) is 17.6 Å². The molecular formula is C29H33ClN2O2S. The monoisotopic (exact) mass is 508 g/mol. The van der Waals surface area contributed by atoms with Crippen molar-refractivity contribution in [1.29, 1.82) is 0 Å². The first kappa shape index (κ1) is 24.5. The SMILES string of the molecule is COC(=O)c1ccc(SCC(c2c3c(nn2-c2ccc(Cl)cc2)CCCC3)C2CCCCC2)cc1. The molecule has 5 rings (SSSR count). The quantitative estimate of drug-likeness (QED) is 0.243. The van der Waals surface area contributed by atoms with Crippen LogP contribution < -0.4 is 0 Å². The number of aryl methyl sites for hydroxylation is 1. The van der Waals surface area contributed by atoms with Crippen LogP contribution in [-0.4, -0.2) is 28.6 Å². The van der Waals surface area contributed by atoms with Crippen LogP contribution in [0.1, 0.15) is 78.2 Å². The first-order chi connectivity index (χ1) is 17.1. The molecule has 1 aromatic heterocycles. The molecule has 1 saturated carbocycles. The fraction of sp³-hybridized carbons (Fsp3) is 0.448. The highest BCUT2D eigenvalue weighted by Gasteiger charge is 2.33. The van der Waals surface area contributed by atoms with Gasteiger partial charge in [0.15, 0.2) is 0 Å². The number of ether oxygens (including phenoxy) is 1. The van der Waals surface area contributed by atoms with Gasteiger partial charge in [0.05, 0.1) is 29.7 Å². The van der Waals surface area contributed by atoms with Crippen LogP contribution in [0.5, 0.6) is 0 Å². The van der Waals surface area contributed by atoms with Gasteiger partial charge >= 0.3 is 5.97 Å². The fourth-order valence-electron chi connectivity index (χ4n) is 5.70. The lowest BCUT2D eigenvalue weighted by Gasteiger charge is -2.32. The zero-order valence-electron chi connectivity index (χ0n) is 20.3. The van der Waals surface area contributed by atoms with E-state index in [1.165, 1.54) is 73.9 Å². The van der Waals surface area contributed by atoms with Crippen LogP contribution >= 0.6 is 23.4 Å². The number of nitrogens with zero attached hydrogens (tertiary/aromatic N) is 2. The molecule has 1 heterocycles. The van der Waals surface area contributed by atoms with Crippen molar-refractivity contribution in [3.63, 3.8) is 0 Å². The van der Waals surface area contributed by atoms with Crippen molar-refractivity contribution < 1.29 is 9.53 Å². The van der Waals surface area contributed by atoms with Gasteiger partial charge in [0, 0.05) is 21.6 Å².